The molecule has 1 saturated heterocycles. The summed E-state index contributed by atoms with van der Waals surface area (Å²) in [6.45, 7) is 2.77. The number of rotatable bonds is 7. The van der Waals surface area contributed by atoms with Gasteiger partial charge in [-0.05, 0) is 24.4 Å². The molecule has 2 aliphatic heterocycles. The molecular formula is C25H32O11. The van der Waals surface area contributed by atoms with Crippen LogP contribution in [-0.2, 0) is 30.3 Å². The first-order chi connectivity index (χ1) is 17.2. The van der Waals surface area contributed by atoms with Crippen molar-refractivity contribution in [2.45, 2.75) is 63.4 Å². The molecule has 3 N–H and O–H groups in total. The smallest absolute Gasteiger partial charge is 0.303 e. The molecule has 0 spiro atoms. The molecule has 0 saturated carbocycles. The molecule has 11 heteroatoms. The molecule has 4 rings (SSSR count). The van der Waals surface area contributed by atoms with Crippen molar-refractivity contribution in [2.75, 3.05) is 27.9 Å². The zero-order chi connectivity index (χ0) is 26.1. The van der Waals surface area contributed by atoms with Crippen molar-refractivity contribution in [1.29, 1.82) is 0 Å². The molecule has 1 fully saturated rings. The number of fused-ring (bicyclic) bond motifs is 2. The highest BCUT2D eigenvalue weighted by Crippen LogP contribution is 2.47. The third-order valence-corrected chi connectivity index (χ3v) is 6.57. The van der Waals surface area contributed by atoms with Crippen molar-refractivity contribution < 1.29 is 53.3 Å². The van der Waals surface area contributed by atoms with Crippen LogP contribution in [0.4, 0.5) is 0 Å². The largest absolute Gasteiger partial charge is 0.497 e. The number of esters is 1. The quantitative estimate of drug-likeness (QED) is 0.465. The van der Waals surface area contributed by atoms with E-state index in [2.05, 4.69) is 0 Å². The van der Waals surface area contributed by atoms with Crippen LogP contribution < -0.4 is 14.2 Å². The maximum Gasteiger partial charge on any atom is 0.303 e. The van der Waals surface area contributed by atoms with Gasteiger partial charge in [-0.3, -0.25) is 4.79 Å². The summed E-state index contributed by atoms with van der Waals surface area (Å²) >= 11 is 0. The third kappa shape index (κ3) is 4.70. The first-order valence-electron chi connectivity index (χ1n) is 11.6. The van der Waals surface area contributed by atoms with Crippen LogP contribution in [-0.4, -0.2) is 86.0 Å². The Balaban J connectivity index is 1.90. The number of hydrogen-bond acceptors (Lipinski definition) is 11. The molecule has 2 heterocycles. The van der Waals surface area contributed by atoms with Gasteiger partial charge in [-0.15, -0.1) is 0 Å². The van der Waals surface area contributed by atoms with E-state index in [1.165, 1.54) is 28.3 Å². The van der Waals surface area contributed by atoms with Gasteiger partial charge in [0.2, 0.25) is 6.29 Å². The average molecular weight is 509 g/mol. The van der Waals surface area contributed by atoms with E-state index < -0.39 is 55.5 Å². The van der Waals surface area contributed by atoms with E-state index in [-0.39, 0.29) is 12.4 Å². The minimum atomic E-state index is -1.50. The Morgan fingerprint density at radius 3 is 2.47 bits per heavy atom. The lowest BCUT2D eigenvalue weighted by Gasteiger charge is -2.42. The van der Waals surface area contributed by atoms with E-state index in [9.17, 15) is 20.1 Å². The number of hydrogen-bond donors (Lipinski definition) is 3. The number of ether oxygens (including phenoxy) is 7. The highest BCUT2D eigenvalue weighted by Gasteiger charge is 2.46. The van der Waals surface area contributed by atoms with Gasteiger partial charge in [0.15, 0.2) is 6.10 Å². The minimum absolute atomic E-state index is 0.115. The van der Waals surface area contributed by atoms with Crippen molar-refractivity contribution in [3.05, 3.63) is 29.3 Å². The van der Waals surface area contributed by atoms with Crippen molar-refractivity contribution in [3.63, 3.8) is 0 Å². The highest BCUT2D eigenvalue weighted by molar-refractivity contribution is 5.97. The Kier molecular flexibility index (Phi) is 7.88. The van der Waals surface area contributed by atoms with E-state index in [0.717, 1.165) is 0 Å². The van der Waals surface area contributed by atoms with E-state index in [0.29, 0.717) is 33.4 Å². The second-order valence-corrected chi connectivity index (χ2v) is 8.77. The zero-order valence-corrected chi connectivity index (χ0v) is 20.8. The van der Waals surface area contributed by atoms with Gasteiger partial charge in [0.25, 0.3) is 0 Å². The second kappa shape index (κ2) is 10.8. The lowest BCUT2D eigenvalue weighted by molar-refractivity contribution is -0.281. The van der Waals surface area contributed by atoms with Gasteiger partial charge >= 0.3 is 5.97 Å². The van der Waals surface area contributed by atoms with E-state index >= 15 is 0 Å². The topological polar surface area (TPSA) is 142 Å². The molecule has 2 aliphatic rings. The predicted molar refractivity (Wildman–Crippen MR) is 125 cm³/mol. The molecule has 36 heavy (non-hydrogen) atoms. The second-order valence-electron chi connectivity index (χ2n) is 8.77. The summed E-state index contributed by atoms with van der Waals surface area (Å²) in [7, 11) is 4.38. The minimum Gasteiger partial charge on any atom is -0.497 e. The Morgan fingerprint density at radius 2 is 1.86 bits per heavy atom. The summed E-state index contributed by atoms with van der Waals surface area (Å²) in [6, 6.07) is 5.32. The van der Waals surface area contributed by atoms with Gasteiger partial charge in [-0.25, -0.2) is 0 Å². The van der Waals surface area contributed by atoms with Gasteiger partial charge in [-0.1, -0.05) is 0 Å². The standard InChI is InChI=1S/C25H32O11/c1-11-22(34-12(2)27)15-7-13-6-14(30-3)8-17(31-4)19(13)23(16(15)10-33-11)36-25-21(29)20(28)24(32-5)18(9-26)35-25/h6-8,11,18,20-22,24-26,28-29H,9-10H2,1-5H3. The number of aliphatic hydroxyl groups is 3. The molecule has 0 aromatic heterocycles. The first kappa shape index (κ1) is 26.4. The average Bonchev–Trinajstić information content (AvgIpc) is 2.87. The van der Waals surface area contributed by atoms with E-state index in [1.807, 2.05) is 6.07 Å². The monoisotopic (exact) mass is 508 g/mol. The van der Waals surface area contributed by atoms with Crippen LogP contribution in [0.2, 0.25) is 0 Å². The molecule has 0 radical (unpaired) electrons. The van der Waals surface area contributed by atoms with Gasteiger partial charge in [-0.2, -0.15) is 0 Å². The van der Waals surface area contributed by atoms with Crippen molar-refractivity contribution >= 4 is 16.7 Å². The molecule has 11 nitrogen and oxygen atoms in total. The number of methoxy groups -OCH3 is 3. The third-order valence-electron chi connectivity index (χ3n) is 6.57. The Bertz CT molecular complexity index is 1100. The number of carbonyl (C=O) groups excluding carboxylic acids is 1. The fourth-order valence-electron chi connectivity index (χ4n) is 4.77. The van der Waals surface area contributed by atoms with Gasteiger partial charge < -0.3 is 48.5 Å². The van der Waals surface area contributed by atoms with Gasteiger partial charge in [0.05, 0.1) is 38.9 Å². The maximum absolute atomic E-state index is 11.9. The summed E-state index contributed by atoms with van der Waals surface area (Å²) in [4.78, 5) is 11.9. The molecule has 198 valence electrons. The van der Waals surface area contributed by atoms with Gasteiger partial charge in [0.1, 0.15) is 41.7 Å². The zero-order valence-electron chi connectivity index (χ0n) is 20.8. The molecule has 2 aromatic carbocycles. The molecule has 2 aromatic rings. The van der Waals surface area contributed by atoms with Crippen LogP contribution in [0.5, 0.6) is 17.2 Å². The van der Waals surface area contributed by atoms with E-state index in [1.54, 1.807) is 19.1 Å². The summed E-state index contributed by atoms with van der Waals surface area (Å²) in [5.74, 6) is 0.737. The van der Waals surface area contributed by atoms with Crippen LogP contribution in [0.3, 0.4) is 0 Å². The number of aliphatic hydroxyl groups excluding tert-OH is 3. The molecule has 0 amide bonds. The molecular weight excluding hydrogens is 476 g/mol. The van der Waals surface area contributed by atoms with Crippen molar-refractivity contribution in [2.24, 2.45) is 0 Å². The Morgan fingerprint density at radius 1 is 1.11 bits per heavy atom. The molecule has 7 atom stereocenters. The van der Waals surface area contributed by atoms with Crippen molar-refractivity contribution in [3.8, 4) is 17.2 Å². The SMILES string of the molecule is COc1cc(OC)c2c(OC3OC(CO)C(OC)C(O)C3O)c3c(cc2c1)C(OC(C)=O)C(C)OC3. The molecule has 0 aliphatic carbocycles. The summed E-state index contributed by atoms with van der Waals surface area (Å²) < 4.78 is 39.8. The maximum atomic E-state index is 11.9. The Labute approximate surface area is 208 Å². The van der Waals surface area contributed by atoms with Crippen LogP contribution >= 0.6 is 0 Å². The van der Waals surface area contributed by atoms with Crippen molar-refractivity contribution in [1.82, 2.24) is 0 Å². The lowest BCUT2D eigenvalue weighted by atomic mass is 9.91. The van der Waals surface area contributed by atoms with Crippen LogP contribution in [0.1, 0.15) is 31.1 Å². The molecule has 7 unspecified atom stereocenters. The number of carbonyl (C=O) groups is 1. The lowest BCUT2D eigenvalue weighted by Crippen LogP contribution is -2.60. The summed E-state index contributed by atoms with van der Waals surface area (Å²) in [6.07, 6.45) is -7.31. The summed E-state index contributed by atoms with van der Waals surface area (Å²) in [5, 5.41) is 32.4. The number of benzene rings is 2. The highest BCUT2D eigenvalue weighted by atomic mass is 16.7. The Hall–Kier alpha value is -2.67. The first-order valence-corrected chi connectivity index (χ1v) is 11.6. The predicted octanol–water partition coefficient (Wildman–Crippen LogP) is 1.21. The van der Waals surface area contributed by atoms with Crippen LogP contribution in [0, 0.1) is 0 Å². The molecule has 0 bridgehead atoms. The van der Waals surface area contributed by atoms with Crippen LogP contribution in [0.15, 0.2) is 18.2 Å². The van der Waals surface area contributed by atoms with E-state index in [4.69, 9.17) is 33.2 Å². The van der Waals surface area contributed by atoms with Crippen LogP contribution in [0.25, 0.3) is 10.8 Å². The normalized spacial score (nSPS) is 29.9. The fourth-order valence-corrected chi connectivity index (χ4v) is 4.77. The fraction of sp³-hybridized carbons (Fsp3) is 0.560. The van der Waals surface area contributed by atoms with Gasteiger partial charge in [0, 0.05) is 31.2 Å². The summed E-state index contributed by atoms with van der Waals surface area (Å²) in [5.41, 5.74) is 1.22.